The van der Waals surface area contributed by atoms with Crippen LogP contribution in [0.5, 0.6) is 0 Å². The van der Waals surface area contributed by atoms with E-state index in [1.807, 2.05) is 44.3 Å². The van der Waals surface area contributed by atoms with Crippen LogP contribution in [0.2, 0.25) is 5.02 Å². The van der Waals surface area contributed by atoms with Gasteiger partial charge >= 0.3 is 0 Å². The van der Waals surface area contributed by atoms with Crippen LogP contribution in [0.3, 0.4) is 0 Å². The summed E-state index contributed by atoms with van der Waals surface area (Å²) >= 11 is 6.84. The maximum Gasteiger partial charge on any atom is 0.232 e. The van der Waals surface area contributed by atoms with Gasteiger partial charge in [-0.25, -0.2) is 0 Å². The summed E-state index contributed by atoms with van der Waals surface area (Å²) in [7, 11) is 0. The van der Waals surface area contributed by atoms with Gasteiger partial charge in [0.1, 0.15) is 0 Å². The highest BCUT2D eigenvalue weighted by atomic mass is 35.5. The zero-order chi connectivity index (χ0) is 23.2. The van der Waals surface area contributed by atoms with Crippen molar-refractivity contribution in [2.24, 2.45) is 0 Å². The third-order valence-electron chi connectivity index (χ3n) is 6.89. The number of anilines is 2. The molecule has 0 bridgehead atoms. The molecule has 2 saturated heterocycles. The molecule has 0 radical (unpaired) electrons. The van der Waals surface area contributed by atoms with E-state index in [2.05, 4.69) is 21.7 Å². The highest BCUT2D eigenvalue weighted by Gasteiger charge is 2.43. The van der Waals surface area contributed by atoms with Crippen molar-refractivity contribution in [3.63, 3.8) is 0 Å². The van der Waals surface area contributed by atoms with E-state index in [1.165, 1.54) is 12.8 Å². The van der Waals surface area contributed by atoms with E-state index < -0.39 is 5.54 Å². The summed E-state index contributed by atoms with van der Waals surface area (Å²) < 4.78 is 5.62. The second-order valence-electron chi connectivity index (χ2n) is 9.64. The van der Waals surface area contributed by atoms with Gasteiger partial charge in [-0.3, -0.25) is 20.1 Å². The lowest BCUT2D eigenvalue weighted by molar-refractivity contribution is -0.134. The quantitative estimate of drug-likeness (QED) is 0.582. The molecule has 174 valence electrons. The van der Waals surface area contributed by atoms with Gasteiger partial charge in [-0.15, -0.1) is 0 Å². The van der Waals surface area contributed by atoms with Gasteiger partial charge in [0.05, 0.1) is 40.7 Å². The number of pyridine rings is 1. The van der Waals surface area contributed by atoms with E-state index in [0.29, 0.717) is 17.5 Å². The molecule has 3 heterocycles. The summed E-state index contributed by atoms with van der Waals surface area (Å²) in [6, 6.07) is 9.82. The number of nitrogens with one attached hydrogen (secondary N) is 3. The summed E-state index contributed by atoms with van der Waals surface area (Å²) in [6.07, 6.45) is 6.06. The van der Waals surface area contributed by atoms with Crippen LogP contribution >= 0.6 is 11.6 Å². The molecule has 33 heavy (non-hydrogen) atoms. The molecule has 1 amide bonds. The average molecular weight is 468 g/mol. The summed E-state index contributed by atoms with van der Waals surface area (Å²) in [5, 5.41) is 15.8. The van der Waals surface area contributed by atoms with Gasteiger partial charge in [0, 0.05) is 24.3 Å². The minimum absolute atomic E-state index is 0.0135. The largest absolute Gasteiger partial charge is 0.378 e. The summed E-state index contributed by atoms with van der Waals surface area (Å²) in [5.41, 5.74) is 2.76. The SMILES string of the molecule is C[C@H]1C[C@H](N2C(=N)N[C@](C)(c3cccc(Nc4ccc(C5CC5)nc4)c3Cl)CC2=O)CCO1. The zero-order valence-electron chi connectivity index (χ0n) is 19.0. The number of amides is 1. The van der Waals surface area contributed by atoms with Crippen LogP contribution in [-0.2, 0) is 15.1 Å². The van der Waals surface area contributed by atoms with Gasteiger partial charge in [0.2, 0.25) is 5.91 Å². The van der Waals surface area contributed by atoms with Crippen LogP contribution in [0.1, 0.15) is 63.1 Å². The Bertz CT molecular complexity index is 1050. The molecule has 3 fully saturated rings. The second kappa shape index (κ2) is 8.61. The fourth-order valence-corrected chi connectivity index (χ4v) is 5.33. The van der Waals surface area contributed by atoms with Crippen molar-refractivity contribution in [3.8, 4) is 0 Å². The second-order valence-corrected chi connectivity index (χ2v) is 10.0. The molecule has 5 rings (SSSR count). The first-order chi connectivity index (χ1) is 15.8. The van der Waals surface area contributed by atoms with Crippen LogP contribution in [-0.4, -0.2) is 40.5 Å². The van der Waals surface area contributed by atoms with Gasteiger partial charge < -0.3 is 15.4 Å². The molecule has 1 aromatic heterocycles. The normalized spacial score (nSPS) is 27.9. The Balaban J connectivity index is 1.35. The van der Waals surface area contributed by atoms with Crippen LogP contribution < -0.4 is 10.6 Å². The molecule has 7 nitrogen and oxygen atoms in total. The molecule has 8 heteroatoms. The topological polar surface area (TPSA) is 90.3 Å². The number of aromatic nitrogens is 1. The highest BCUT2D eigenvalue weighted by Crippen LogP contribution is 2.41. The lowest BCUT2D eigenvalue weighted by Gasteiger charge is -2.45. The van der Waals surface area contributed by atoms with Crippen molar-refractivity contribution in [1.29, 1.82) is 5.41 Å². The molecule has 2 aromatic rings. The fourth-order valence-electron chi connectivity index (χ4n) is 4.95. The first-order valence-corrected chi connectivity index (χ1v) is 12.0. The molecule has 3 atom stereocenters. The zero-order valence-corrected chi connectivity index (χ0v) is 19.8. The maximum absolute atomic E-state index is 13.2. The number of ether oxygens (including phenoxy) is 1. The maximum atomic E-state index is 13.2. The Morgan fingerprint density at radius 2 is 2.09 bits per heavy atom. The molecular weight excluding hydrogens is 438 g/mol. The van der Waals surface area contributed by atoms with Crippen molar-refractivity contribution in [3.05, 3.63) is 52.8 Å². The Labute approximate surface area is 199 Å². The predicted molar refractivity (Wildman–Crippen MR) is 129 cm³/mol. The Kier molecular flexibility index (Phi) is 5.79. The third-order valence-corrected chi connectivity index (χ3v) is 7.29. The van der Waals surface area contributed by atoms with E-state index in [4.69, 9.17) is 21.7 Å². The fraction of sp³-hybridized carbons (Fsp3) is 0.480. The van der Waals surface area contributed by atoms with Crippen molar-refractivity contribution in [2.45, 2.75) is 69.6 Å². The summed E-state index contributed by atoms with van der Waals surface area (Å²) in [5.74, 6) is 0.678. The molecule has 1 aromatic carbocycles. The third kappa shape index (κ3) is 4.44. The van der Waals surface area contributed by atoms with Crippen LogP contribution in [0.4, 0.5) is 11.4 Å². The van der Waals surface area contributed by atoms with Gasteiger partial charge in [-0.1, -0.05) is 23.7 Å². The monoisotopic (exact) mass is 467 g/mol. The van der Waals surface area contributed by atoms with Crippen LogP contribution in [0.15, 0.2) is 36.5 Å². The standard InChI is InChI=1S/C25H30ClN5O2/c1-15-12-18(10-11-33-15)31-22(32)13-25(2,30-24(31)27)19-4-3-5-21(23(19)26)29-17-8-9-20(28-14-17)16-6-7-16/h3-5,8-9,14-16,18,29H,6-7,10-13H2,1-2H3,(H2,27,30)/t15-,18+,25-/m0/s1. The van der Waals surface area contributed by atoms with E-state index in [-0.39, 0.29) is 30.4 Å². The van der Waals surface area contributed by atoms with Crippen LogP contribution in [0, 0.1) is 5.41 Å². The van der Waals surface area contributed by atoms with Crippen LogP contribution in [0.25, 0.3) is 0 Å². The number of carbonyl (C=O) groups is 1. The van der Waals surface area contributed by atoms with Gasteiger partial charge in [0.15, 0.2) is 5.96 Å². The first kappa shape index (κ1) is 22.2. The average Bonchev–Trinajstić information content (AvgIpc) is 3.60. The lowest BCUT2D eigenvalue weighted by Crippen LogP contribution is -2.63. The van der Waals surface area contributed by atoms with Gasteiger partial charge in [0.25, 0.3) is 0 Å². The molecule has 0 spiro atoms. The van der Waals surface area contributed by atoms with Crippen molar-refractivity contribution < 1.29 is 9.53 Å². The van der Waals surface area contributed by atoms with E-state index in [0.717, 1.165) is 35.5 Å². The number of nitrogens with zero attached hydrogens (tertiary/aromatic N) is 2. The smallest absolute Gasteiger partial charge is 0.232 e. The predicted octanol–water partition coefficient (Wildman–Crippen LogP) is 4.90. The first-order valence-electron chi connectivity index (χ1n) is 11.7. The van der Waals surface area contributed by atoms with Gasteiger partial charge in [-0.2, -0.15) is 0 Å². The Hall–Kier alpha value is -2.64. The molecular formula is C25H30ClN5O2. The minimum atomic E-state index is -0.774. The van der Waals surface area contributed by atoms with Crippen molar-refractivity contribution in [1.82, 2.24) is 15.2 Å². The number of hydrogen-bond donors (Lipinski definition) is 3. The minimum Gasteiger partial charge on any atom is -0.378 e. The highest BCUT2D eigenvalue weighted by molar-refractivity contribution is 6.34. The molecule has 1 aliphatic carbocycles. The van der Waals surface area contributed by atoms with Crippen molar-refractivity contribution in [2.75, 3.05) is 11.9 Å². The number of rotatable bonds is 5. The molecule has 3 N–H and O–H groups in total. The van der Waals surface area contributed by atoms with E-state index >= 15 is 0 Å². The Morgan fingerprint density at radius 3 is 2.76 bits per heavy atom. The molecule has 2 aliphatic heterocycles. The van der Waals surface area contributed by atoms with Crippen molar-refractivity contribution >= 4 is 34.8 Å². The lowest BCUT2D eigenvalue weighted by atomic mass is 9.85. The van der Waals surface area contributed by atoms with E-state index in [9.17, 15) is 4.79 Å². The summed E-state index contributed by atoms with van der Waals surface area (Å²) in [6.45, 7) is 4.55. The van der Waals surface area contributed by atoms with Gasteiger partial charge in [-0.05, 0) is 63.3 Å². The molecule has 3 aliphatic rings. The number of benzene rings is 1. The number of carbonyl (C=O) groups excluding carboxylic acids is 1. The number of guanidine groups is 1. The summed E-state index contributed by atoms with van der Waals surface area (Å²) in [4.78, 5) is 19.4. The Morgan fingerprint density at radius 1 is 1.27 bits per heavy atom. The molecule has 0 unspecified atom stereocenters. The number of hydrogen-bond acceptors (Lipinski definition) is 5. The molecule has 1 saturated carbocycles. The van der Waals surface area contributed by atoms with E-state index in [1.54, 1.807) is 4.90 Å². The number of halogens is 1.